The van der Waals surface area contributed by atoms with Crippen molar-refractivity contribution in [1.29, 1.82) is 0 Å². The van der Waals surface area contributed by atoms with E-state index in [1.54, 1.807) is 12.3 Å². The fourth-order valence-electron chi connectivity index (χ4n) is 5.32. The molecule has 0 aliphatic heterocycles. The van der Waals surface area contributed by atoms with Gasteiger partial charge in [0, 0.05) is 59.3 Å². The number of fused-ring (bicyclic) bond motifs is 1. The molecule has 4 aromatic rings. The monoisotopic (exact) mass is 616 g/mol. The third-order valence-electron chi connectivity index (χ3n) is 8.11. The van der Waals surface area contributed by atoms with Gasteiger partial charge in [-0.15, -0.1) is 0 Å². The number of rotatable bonds is 9. The zero-order chi connectivity index (χ0) is 30.8. The Morgan fingerprint density at radius 1 is 1.21 bits per heavy atom. The van der Waals surface area contributed by atoms with Gasteiger partial charge in [-0.25, -0.2) is 27.2 Å². The van der Waals surface area contributed by atoms with Crippen molar-refractivity contribution < 1.29 is 32.2 Å². The molecule has 1 unspecified atom stereocenters. The van der Waals surface area contributed by atoms with E-state index in [4.69, 9.17) is 16.3 Å². The first-order chi connectivity index (χ1) is 20.3. The SMILES string of the molecule is COc1cc(C(=O)NCC(c2cc(C(C)(C)O)c(F)c(-c3ccc(F)c(Cl)c3F)n2)C2CC2)cc2cn(C3(F)CC3)nc12. The molecule has 1 amide bonds. The summed E-state index contributed by atoms with van der Waals surface area (Å²) < 4.78 is 65.9. The number of nitrogens with one attached hydrogen (secondary N) is 1. The number of methoxy groups -OCH3 is 1. The molecule has 0 bridgehead atoms. The number of nitrogens with zero attached hydrogens (tertiary/aromatic N) is 3. The van der Waals surface area contributed by atoms with Gasteiger partial charge in [0.05, 0.1) is 12.7 Å². The van der Waals surface area contributed by atoms with E-state index < -0.39 is 51.4 Å². The van der Waals surface area contributed by atoms with Crippen LogP contribution in [-0.2, 0) is 11.4 Å². The number of halogens is 5. The Morgan fingerprint density at radius 3 is 2.56 bits per heavy atom. The molecule has 2 N–H and O–H groups in total. The summed E-state index contributed by atoms with van der Waals surface area (Å²) in [4.78, 5) is 17.8. The highest BCUT2D eigenvalue weighted by Crippen LogP contribution is 2.46. The highest BCUT2D eigenvalue weighted by molar-refractivity contribution is 6.31. The van der Waals surface area contributed by atoms with Crippen LogP contribution in [0.5, 0.6) is 5.75 Å². The van der Waals surface area contributed by atoms with Crippen LogP contribution in [0.15, 0.2) is 36.5 Å². The minimum Gasteiger partial charge on any atom is -0.494 e. The van der Waals surface area contributed by atoms with E-state index in [1.807, 2.05) is 0 Å². The second kappa shape index (κ2) is 10.5. The summed E-state index contributed by atoms with van der Waals surface area (Å²) in [5.41, 5.74) is -1.51. The molecular weight excluding hydrogens is 588 g/mol. The van der Waals surface area contributed by atoms with E-state index in [0.717, 1.165) is 25.0 Å². The lowest BCUT2D eigenvalue weighted by molar-refractivity contribution is 0.0742. The van der Waals surface area contributed by atoms with Gasteiger partial charge >= 0.3 is 0 Å². The van der Waals surface area contributed by atoms with Crippen molar-refractivity contribution in [2.24, 2.45) is 5.92 Å². The maximum atomic E-state index is 15.7. The third kappa shape index (κ3) is 5.44. The van der Waals surface area contributed by atoms with Crippen molar-refractivity contribution in [2.75, 3.05) is 13.7 Å². The molecule has 7 nitrogen and oxygen atoms in total. The number of ether oxygens (including phenoxy) is 1. The van der Waals surface area contributed by atoms with Crippen molar-refractivity contribution in [2.45, 2.75) is 56.8 Å². The lowest BCUT2D eigenvalue weighted by atomic mass is 9.90. The number of alkyl halides is 1. The Labute approximate surface area is 249 Å². The maximum Gasteiger partial charge on any atom is 0.251 e. The standard InChI is InChI=1S/C31H29ClF4N4O3/c1-30(2,42)20-12-22(38-28(26(20)35)18-6-7-21(33)24(32)25(18)34)19(15-4-5-15)13-37-29(41)16-10-17-14-40(31(36)8-9-31)39-27(17)23(11-16)43-3/h6-7,10-12,14-15,19,42H,4-5,8-9,13H2,1-3H3,(H,37,41). The first-order valence-corrected chi connectivity index (χ1v) is 14.3. The van der Waals surface area contributed by atoms with E-state index >= 15 is 8.78 Å². The number of benzene rings is 2. The van der Waals surface area contributed by atoms with Crippen LogP contribution < -0.4 is 10.1 Å². The molecule has 2 aromatic carbocycles. The molecule has 2 aromatic heterocycles. The van der Waals surface area contributed by atoms with E-state index in [-0.39, 0.29) is 29.2 Å². The fourth-order valence-corrected chi connectivity index (χ4v) is 5.48. The largest absolute Gasteiger partial charge is 0.494 e. The number of hydrogen-bond acceptors (Lipinski definition) is 5. The van der Waals surface area contributed by atoms with Gasteiger partial charge in [0.2, 0.25) is 5.79 Å². The predicted octanol–water partition coefficient (Wildman–Crippen LogP) is 6.74. The number of amides is 1. The number of carbonyl (C=O) groups is 1. The van der Waals surface area contributed by atoms with Crippen LogP contribution in [0.3, 0.4) is 0 Å². The Bertz CT molecular complexity index is 1760. The number of aromatic nitrogens is 3. The van der Waals surface area contributed by atoms with Crippen LogP contribution in [0.1, 0.15) is 67.1 Å². The highest BCUT2D eigenvalue weighted by Gasteiger charge is 2.46. The summed E-state index contributed by atoms with van der Waals surface area (Å²) in [6.07, 6.45) is 3.95. The molecule has 2 fully saturated rings. The molecular formula is C31H29ClF4N4O3. The van der Waals surface area contributed by atoms with Crippen LogP contribution in [-0.4, -0.2) is 39.4 Å². The van der Waals surface area contributed by atoms with Crippen molar-refractivity contribution in [3.8, 4) is 17.0 Å². The Hall–Kier alpha value is -3.70. The second-order valence-corrected chi connectivity index (χ2v) is 12.2. The van der Waals surface area contributed by atoms with Gasteiger partial charge in [0.25, 0.3) is 5.91 Å². The number of carbonyl (C=O) groups excluding carboxylic acids is 1. The van der Waals surface area contributed by atoms with Gasteiger partial charge in [0.15, 0.2) is 11.6 Å². The first kappa shape index (κ1) is 29.4. The topological polar surface area (TPSA) is 89.3 Å². The van der Waals surface area contributed by atoms with Crippen molar-refractivity contribution in [3.63, 3.8) is 0 Å². The Morgan fingerprint density at radius 2 is 1.93 bits per heavy atom. The Balaban J connectivity index is 1.33. The summed E-state index contributed by atoms with van der Waals surface area (Å²) in [7, 11) is 1.44. The van der Waals surface area contributed by atoms with Gasteiger partial charge in [-0.05, 0) is 62.9 Å². The van der Waals surface area contributed by atoms with Crippen molar-refractivity contribution >= 4 is 28.4 Å². The summed E-state index contributed by atoms with van der Waals surface area (Å²) in [5.74, 6) is -5.07. The molecule has 0 radical (unpaired) electrons. The molecule has 2 saturated carbocycles. The molecule has 0 saturated heterocycles. The number of pyridine rings is 1. The first-order valence-electron chi connectivity index (χ1n) is 13.9. The summed E-state index contributed by atoms with van der Waals surface area (Å²) in [6, 6.07) is 6.53. The predicted molar refractivity (Wildman–Crippen MR) is 152 cm³/mol. The minimum atomic E-state index is -1.66. The average Bonchev–Trinajstić information content (AvgIpc) is 3.89. The van der Waals surface area contributed by atoms with Gasteiger partial charge in [-0.1, -0.05) is 11.6 Å². The normalized spacial score (nSPS) is 16.8. The third-order valence-corrected chi connectivity index (χ3v) is 8.46. The van der Waals surface area contributed by atoms with E-state index in [0.29, 0.717) is 35.2 Å². The zero-order valence-electron chi connectivity index (χ0n) is 23.6. The zero-order valence-corrected chi connectivity index (χ0v) is 24.4. The van der Waals surface area contributed by atoms with E-state index in [1.165, 1.54) is 37.8 Å². The van der Waals surface area contributed by atoms with Crippen LogP contribution in [0.25, 0.3) is 22.2 Å². The van der Waals surface area contributed by atoms with Crippen LogP contribution >= 0.6 is 11.6 Å². The van der Waals surface area contributed by atoms with Gasteiger partial charge in [-0.3, -0.25) is 4.79 Å². The minimum absolute atomic E-state index is 0.0944. The highest BCUT2D eigenvalue weighted by atomic mass is 35.5. The van der Waals surface area contributed by atoms with Crippen molar-refractivity contribution in [3.05, 3.63) is 75.8 Å². The average molecular weight is 617 g/mol. The molecule has 6 rings (SSSR count). The number of aliphatic hydroxyl groups is 1. The quantitative estimate of drug-likeness (QED) is 0.161. The number of hydrogen-bond donors (Lipinski definition) is 2. The smallest absolute Gasteiger partial charge is 0.251 e. The summed E-state index contributed by atoms with van der Waals surface area (Å²) in [6.45, 7) is 2.88. The van der Waals surface area contributed by atoms with Gasteiger partial charge in [-0.2, -0.15) is 5.10 Å². The van der Waals surface area contributed by atoms with Crippen LogP contribution in [0.4, 0.5) is 17.6 Å². The molecule has 2 heterocycles. The summed E-state index contributed by atoms with van der Waals surface area (Å²) >= 11 is 5.78. The van der Waals surface area contributed by atoms with Crippen LogP contribution in [0.2, 0.25) is 5.02 Å². The summed E-state index contributed by atoms with van der Waals surface area (Å²) in [5, 5.41) is 17.7. The molecule has 226 valence electrons. The Kier molecular flexibility index (Phi) is 7.16. The lowest BCUT2D eigenvalue weighted by Gasteiger charge is -2.24. The second-order valence-electron chi connectivity index (χ2n) is 11.8. The molecule has 2 aliphatic carbocycles. The van der Waals surface area contributed by atoms with E-state index in [2.05, 4.69) is 15.4 Å². The fraction of sp³-hybridized carbons (Fsp3) is 0.387. The van der Waals surface area contributed by atoms with E-state index in [9.17, 15) is 18.7 Å². The molecule has 2 aliphatic rings. The van der Waals surface area contributed by atoms with Gasteiger partial charge in [0.1, 0.15) is 27.8 Å². The van der Waals surface area contributed by atoms with Gasteiger partial charge < -0.3 is 15.2 Å². The lowest BCUT2D eigenvalue weighted by Crippen LogP contribution is -2.30. The van der Waals surface area contributed by atoms with Crippen molar-refractivity contribution in [1.82, 2.24) is 20.1 Å². The molecule has 43 heavy (non-hydrogen) atoms. The molecule has 1 atom stereocenters. The van der Waals surface area contributed by atoms with Crippen LogP contribution in [0, 0.1) is 23.4 Å². The molecule has 12 heteroatoms. The molecule has 0 spiro atoms. The maximum absolute atomic E-state index is 15.7.